The third-order valence-electron chi connectivity index (χ3n) is 2.32. The number of aliphatic hydroxyl groups is 1. The van der Waals surface area contributed by atoms with Crippen LogP contribution in [0.4, 0.5) is 8.78 Å². The molecule has 2 nitrogen and oxygen atoms in total. The van der Waals surface area contributed by atoms with Gasteiger partial charge in [0, 0.05) is 6.04 Å². The molecule has 2 N–H and O–H groups in total. The van der Waals surface area contributed by atoms with Gasteiger partial charge >= 0.3 is 0 Å². The average molecular weight is 193 g/mol. The Morgan fingerprint density at radius 2 is 2.15 bits per heavy atom. The molecular weight excluding hydrogens is 176 g/mol. The second-order valence-corrected chi connectivity index (χ2v) is 3.98. The van der Waals surface area contributed by atoms with Crippen LogP contribution >= 0.6 is 0 Å². The maximum Gasteiger partial charge on any atom is 0.282 e. The van der Waals surface area contributed by atoms with Gasteiger partial charge in [-0.2, -0.15) is 0 Å². The van der Waals surface area contributed by atoms with E-state index in [1.165, 1.54) is 12.8 Å². The highest BCUT2D eigenvalue weighted by Crippen LogP contribution is 2.33. The topological polar surface area (TPSA) is 32.3 Å². The first-order valence-corrected chi connectivity index (χ1v) is 4.75. The first kappa shape index (κ1) is 10.9. The molecule has 0 aromatic heterocycles. The second-order valence-electron chi connectivity index (χ2n) is 3.98. The minimum Gasteiger partial charge on any atom is -0.390 e. The summed E-state index contributed by atoms with van der Waals surface area (Å²) in [5, 5.41) is 11.0. The largest absolute Gasteiger partial charge is 0.390 e. The number of hydrogen-bond donors (Lipinski definition) is 2. The van der Waals surface area contributed by atoms with Crippen LogP contribution in [0.25, 0.3) is 0 Å². The molecule has 0 spiro atoms. The highest BCUT2D eigenvalue weighted by molar-refractivity contribution is 4.79. The molecule has 0 heterocycles. The van der Waals surface area contributed by atoms with Crippen LogP contribution in [0.15, 0.2) is 0 Å². The number of alkyl halides is 2. The molecule has 4 heteroatoms. The Kier molecular flexibility index (Phi) is 3.62. The van der Waals surface area contributed by atoms with Gasteiger partial charge in [0.05, 0.1) is 6.54 Å². The highest BCUT2D eigenvalue weighted by atomic mass is 19.3. The molecule has 1 fully saturated rings. The maximum absolute atomic E-state index is 12.6. The van der Waals surface area contributed by atoms with Crippen molar-refractivity contribution >= 4 is 0 Å². The Morgan fingerprint density at radius 3 is 2.62 bits per heavy atom. The fraction of sp³-hybridized carbons (Fsp3) is 1.00. The van der Waals surface area contributed by atoms with Crippen molar-refractivity contribution in [3.63, 3.8) is 0 Å². The standard InChI is InChI=1S/C9H17F2NO/c1-7(4-8-2-3-8)12-5-9(10,11)6-13/h7-8,12-13H,2-6H2,1H3. The molecule has 1 aliphatic rings. The van der Waals surface area contributed by atoms with Crippen LogP contribution in [-0.2, 0) is 0 Å². The van der Waals surface area contributed by atoms with Crippen LogP contribution < -0.4 is 5.32 Å². The van der Waals surface area contributed by atoms with E-state index in [0.29, 0.717) is 0 Å². The molecule has 1 atom stereocenters. The van der Waals surface area contributed by atoms with Crippen molar-refractivity contribution in [3.8, 4) is 0 Å². The molecule has 0 amide bonds. The molecule has 0 saturated heterocycles. The van der Waals surface area contributed by atoms with Gasteiger partial charge in [-0.1, -0.05) is 12.8 Å². The smallest absolute Gasteiger partial charge is 0.282 e. The van der Waals surface area contributed by atoms with E-state index in [1.54, 1.807) is 0 Å². The van der Waals surface area contributed by atoms with E-state index >= 15 is 0 Å². The molecule has 0 aliphatic heterocycles. The summed E-state index contributed by atoms with van der Waals surface area (Å²) in [5.41, 5.74) is 0. The SMILES string of the molecule is CC(CC1CC1)NCC(F)(F)CO. The van der Waals surface area contributed by atoms with E-state index in [-0.39, 0.29) is 6.04 Å². The zero-order valence-electron chi connectivity index (χ0n) is 7.89. The molecule has 13 heavy (non-hydrogen) atoms. The van der Waals surface area contributed by atoms with Crippen LogP contribution in [0, 0.1) is 5.92 Å². The van der Waals surface area contributed by atoms with Crippen molar-refractivity contribution in [2.45, 2.75) is 38.2 Å². The van der Waals surface area contributed by atoms with Crippen molar-refractivity contribution in [3.05, 3.63) is 0 Å². The fourth-order valence-corrected chi connectivity index (χ4v) is 1.32. The Morgan fingerprint density at radius 1 is 1.54 bits per heavy atom. The Balaban J connectivity index is 2.09. The number of nitrogens with one attached hydrogen (secondary N) is 1. The molecule has 1 unspecified atom stereocenters. The Labute approximate surface area is 77.3 Å². The zero-order chi connectivity index (χ0) is 9.90. The summed E-state index contributed by atoms with van der Waals surface area (Å²) in [6, 6.07) is 0.130. The van der Waals surface area contributed by atoms with Gasteiger partial charge in [0.15, 0.2) is 0 Å². The van der Waals surface area contributed by atoms with Gasteiger partial charge in [0.1, 0.15) is 6.61 Å². The molecule has 0 aromatic rings. The summed E-state index contributed by atoms with van der Waals surface area (Å²) < 4.78 is 25.1. The molecule has 78 valence electrons. The van der Waals surface area contributed by atoms with Gasteiger partial charge in [-0.25, -0.2) is 8.78 Å². The van der Waals surface area contributed by atoms with Crippen molar-refractivity contribution in [2.75, 3.05) is 13.2 Å². The Bertz CT molecular complexity index is 160. The van der Waals surface area contributed by atoms with Gasteiger partial charge < -0.3 is 10.4 Å². The molecule has 0 radical (unpaired) electrons. The number of aliphatic hydroxyl groups excluding tert-OH is 1. The van der Waals surface area contributed by atoms with Gasteiger partial charge in [0.2, 0.25) is 0 Å². The van der Waals surface area contributed by atoms with E-state index < -0.39 is 19.1 Å². The predicted octanol–water partition coefficient (Wildman–Crippen LogP) is 1.39. The molecule has 0 bridgehead atoms. The summed E-state index contributed by atoms with van der Waals surface area (Å²) in [7, 11) is 0. The monoisotopic (exact) mass is 193 g/mol. The first-order chi connectivity index (χ1) is 6.03. The second kappa shape index (κ2) is 4.33. The summed E-state index contributed by atoms with van der Waals surface area (Å²) in [6.07, 6.45) is 3.45. The van der Waals surface area contributed by atoms with Gasteiger partial charge in [0.25, 0.3) is 5.92 Å². The van der Waals surface area contributed by atoms with Crippen LogP contribution in [-0.4, -0.2) is 30.2 Å². The first-order valence-electron chi connectivity index (χ1n) is 4.75. The molecule has 1 rings (SSSR count). The summed E-state index contributed by atoms with van der Waals surface area (Å²) >= 11 is 0. The quantitative estimate of drug-likeness (QED) is 0.668. The van der Waals surface area contributed by atoms with Gasteiger partial charge in [-0.15, -0.1) is 0 Å². The summed E-state index contributed by atoms with van der Waals surface area (Å²) in [5.74, 6) is -2.23. The van der Waals surface area contributed by atoms with Crippen LogP contribution in [0.3, 0.4) is 0 Å². The Hall–Kier alpha value is -0.220. The average Bonchev–Trinajstić information content (AvgIpc) is 2.85. The number of hydrogen-bond acceptors (Lipinski definition) is 2. The minimum absolute atomic E-state index is 0.130. The lowest BCUT2D eigenvalue weighted by atomic mass is 10.1. The van der Waals surface area contributed by atoms with Gasteiger partial charge in [-0.05, 0) is 19.3 Å². The zero-order valence-corrected chi connectivity index (χ0v) is 7.89. The van der Waals surface area contributed by atoms with E-state index in [4.69, 9.17) is 5.11 Å². The van der Waals surface area contributed by atoms with Crippen LogP contribution in [0.5, 0.6) is 0 Å². The predicted molar refractivity (Wildman–Crippen MR) is 46.8 cm³/mol. The van der Waals surface area contributed by atoms with E-state index in [0.717, 1.165) is 12.3 Å². The van der Waals surface area contributed by atoms with Crippen LogP contribution in [0.1, 0.15) is 26.2 Å². The van der Waals surface area contributed by atoms with E-state index in [2.05, 4.69) is 5.32 Å². The van der Waals surface area contributed by atoms with Gasteiger partial charge in [-0.3, -0.25) is 0 Å². The van der Waals surface area contributed by atoms with Crippen molar-refractivity contribution in [1.29, 1.82) is 0 Å². The maximum atomic E-state index is 12.6. The summed E-state index contributed by atoms with van der Waals surface area (Å²) in [4.78, 5) is 0. The number of halogens is 2. The molecule has 1 saturated carbocycles. The van der Waals surface area contributed by atoms with Crippen molar-refractivity contribution in [1.82, 2.24) is 5.32 Å². The lowest BCUT2D eigenvalue weighted by Crippen LogP contribution is -2.40. The summed E-state index contributed by atoms with van der Waals surface area (Å²) in [6.45, 7) is 0.416. The highest BCUT2D eigenvalue weighted by Gasteiger charge is 2.29. The molecular formula is C9H17F2NO. The third kappa shape index (κ3) is 4.52. The van der Waals surface area contributed by atoms with Crippen molar-refractivity contribution in [2.24, 2.45) is 5.92 Å². The van der Waals surface area contributed by atoms with E-state index in [9.17, 15) is 8.78 Å². The van der Waals surface area contributed by atoms with Crippen molar-refractivity contribution < 1.29 is 13.9 Å². The lowest BCUT2D eigenvalue weighted by Gasteiger charge is -2.18. The lowest BCUT2D eigenvalue weighted by molar-refractivity contribution is -0.0492. The normalized spacial score (nSPS) is 20.3. The van der Waals surface area contributed by atoms with E-state index in [1.807, 2.05) is 6.92 Å². The third-order valence-corrected chi connectivity index (χ3v) is 2.32. The minimum atomic E-state index is -2.97. The van der Waals surface area contributed by atoms with Crippen LogP contribution in [0.2, 0.25) is 0 Å². The fourth-order valence-electron chi connectivity index (χ4n) is 1.32. The molecule has 0 aromatic carbocycles. The molecule has 1 aliphatic carbocycles. The number of rotatable bonds is 6.